The van der Waals surface area contributed by atoms with E-state index in [0.717, 1.165) is 36.3 Å². The zero-order valence-corrected chi connectivity index (χ0v) is 17.7. The number of likely N-dealkylation sites (tertiary alicyclic amines) is 1. The van der Waals surface area contributed by atoms with Crippen molar-refractivity contribution in [3.8, 4) is 11.5 Å². The summed E-state index contributed by atoms with van der Waals surface area (Å²) in [6.07, 6.45) is 2.22. The van der Waals surface area contributed by atoms with E-state index in [4.69, 9.17) is 9.93 Å². The molecular weight excluding hydrogens is 386 g/mol. The lowest BCUT2D eigenvalue weighted by atomic mass is 10.1. The molecule has 0 bridgehead atoms. The number of nitrogens with one attached hydrogen (secondary N) is 2. The van der Waals surface area contributed by atoms with Crippen LogP contribution in [-0.2, 0) is 9.53 Å². The molecule has 2 N–H and O–H groups in total. The molecule has 2 aliphatic heterocycles. The highest BCUT2D eigenvalue weighted by atomic mass is 16.5. The third-order valence-electron chi connectivity index (χ3n) is 5.04. The highest BCUT2D eigenvalue weighted by Crippen LogP contribution is 2.27. The summed E-state index contributed by atoms with van der Waals surface area (Å²) in [4.78, 5) is 21.3. The van der Waals surface area contributed by atoms with Crippen molar-refractivity contribution in [1.29, 1.82) is 5.41 Å². The summed E-state index contributed by atoms with van der Waals surface area (Å²) in [5, 5.41) is 15.2. The van der Waals surface area contributed by atoms with Crippen LogP contribution in [0.25, 0.3) is 11.5 Å². The first kappa shape index (κ1) is 21.7. The second-order valence-corrected chi connectivity index (χ2v) is 7.45. The number of amides is 1. The van der Waals surface area contributed by atoms with Crippen molar-refractivity contribution < 1.29 is 14.1 Å². The van der Waals surface area contributed by atoms with Gasteiger partial charge in [-0.15, -0.1) is 0 Å². The van der Waals surface area contributed by atoms with Crippen molar-refractivity contribution in [2.24, 2.45) is 0 Å². The standard InChI is InChI=1S/C18H23N7O2.C2H6O/c1-23-10-15(11-23)20-16-8-13(2-3-14(16)9-19)17-21-18(22-27-17)25-6-4-24(12-26)5-7-25;1-3-2/h2-3,8-9,12,15,19-20H,4-7,10-11H2,1H3;1-2H3. The maximum absolute atomic E-state index is 10.8. The van der Waals surface area contributed by atoms with Crippen LogP contribution in [0.1, 0.15) is 5.56 Å². The molecule has 3 heterocycles. The van der Waals surface area contributed by atoms with E-state index in [2.05, 4.69) is 32.1 Å². The SMILES string of the molecule is CN1CC(Nc2cc(-c3nc(N4CCN(C=O)CC4)no3)ccc2C=N)C1.COC. The quantitative estimate of drug-likeness (QED) is 0.531. The average Bonchev–Trinajstić information content (AvgIpc) is 3.23. The number of anilines is 2. The number of likely N-dealkylation sites (N-methyl/N-ethyl adjacent to an activating group) is 1. The predicted octanol–water partition coefficient (Wildman–Crippen LogP) is 1.00. The molecule has 2 aliphatic rings. The van der Waals surface area contributed by atoms with Crippen LogP contribution in [0.5, 0.6) is 0 Å². The van der Waals surface area contributed by atoms with Gasteiger partial charge in [-0.05, 0) is 24.3 Å². The number of ether oxygens (including phenoxy) is 1. The summed E-state index contributed by atoms with van der Waals surface area (Å²) in [5.41, 5.74) is 2.55. The minimum atomic E-state index is 0.385. The van der Waals surface area contributed by atoms with E-state index in [9.17, 15) is 4.79 Å². The first-order valence-electron chi connectivity index (χ1n) is 9.86. The second-order valence-electron chi connectivity index (χ2n) is 7.45. The number of aromatic nitrogens is 2. The summed E-state index contributed by atoms with van der Waals surface area (Å²) in [5.74, 6) is 0.995. The zero-order chi connectivity index (χ0) is 21.5. The van der Waals surface area contributed by atoms with E-state index in [1.165, 1.54) is 6.21 Å². The fourth-order valence-electron chi connectivity index (χ4n) is 3.44. The van der Waals surface area contributed by atoms with Crippen molar-refractivity contribution in [1.82, 2.24) is 19.9 Å². The Labute approximate surface area is 176 Å². The molecule has 2 aromatic rings. The third kappa shape index (κ3) is 5.14. The molecule has 2 saturated heterocycles. The lowest BCUT2D eigenvalue weighted by Gasteiger charge is -2.37. The van der Waals surface area contributed by atoms with E-state index in [0.29, 0.717) is 44.1 Å². The van der Waals surface area contributed by atoms with Crippen LogP contribution in [0.3, 0.4) is 0 Å². The first-order chi connectivity index (χ1) is 14.6. The van der Waals surface area contributed by atoms with Crippen LogP contribution in [0.15, 0.2) is 22.7 Å². The molecule has 162 valence electrons. The van der Waals surface area contributed by atoms with Gasteiger partial charge in [0.25, 0.3) is 11.8 Å². The van der Waals surface area contributed by atoms with Gasteiger partial charge in [-0.25, -0.2) is 0 Å². The number of hydrogen-bond acceptors (Lipinski definition) is 9. The molecular formula is C20H29N7O3. The number of carbonyl (C=O) groups excluding carboxylic acids is 1. The number of nitrogens with zero attached hydrogens (tertiary/aromatic N) is 5. The van der Waals surface area contributed by atoms with E-state index in [1.54, 1.807) is 19.1 Å². The van der Waals surface area contributed by atoms with Crippen LogP contribution < -0.4 is 10.2 Å². The highest BCUT2D eigenvalue weighted by molar-refractivity contribution is 5.87. The Bertz CT molecular complexity index is 843. The Balaban J connectivity index is 0.000000806. The zero-order valence-electron chi connectivity index (χ0n) is 17.7. The van der Waals surface area contributed by atoms with Gasteiger partial charge in [-0.2, -0.15) is 4.98 Å². The molecule has 0 radical (unpaired) electrons. The van der Waals surface area contributed by atoms with Crippen LogP contribution in [-0.4, -0.2) is 99.1 Å². The maximum Gasteiger partial charge on any atom is 0.266 e. The first-order valence-corrected chi connectivity index (χ1v) is 9.86. The fraction of sp³-hybridized carbons (Fsp3) is 0.500. The summed E-state index contributed by atoms with van der Waals surface area (Å²) in [6.45, 7) is 4.66. The number of hydrogen-bond donors (Lipinski definition) is 2. The fourth-order valence-corrected chi connectivity index (χ4v) is 3.44. The van der Waals surface area contributed by atoms with Gasteiger partial charge in [0.1, 0.15) is 0 Å². The normalized spacial score (nSPS) is 17.0. The molecule has 0 saturated carbocycles. The number of methoxy groups -OCH3 is 1. The van der Waals surface area contributed by atoms with Gasteiger partial charge in [-0.3, -0.25) is 4.79 Å². The average molecular weight is 415 g/mol. The largest absolute Gasteiger partial charge is 0.388 e. The molecule has 10 nitrogen and oxygen atoms in total. The number of rotatable bonds is 6. The monoisotopic (exact) mass is 415 g/mol. The number of piperazine rings is 1. The number of carbonyl (C=O) groups is 1. The molecule has 4 rings (SSSR count). The predicted molar refractivity (Wildman–Crippen MR) is 115 cm³/mol. The second kappa shape index (κ2) is 10.2. The Kier molecular flexibility index (Phi) is 7.36. The van der Waals surface area contributed by atoms with Crippen molar-refractivity contribution in [3.05, 3.63) is 23.8 Å². The van der Waals surface area contributed by atoms with Gasteiger partial charge >= 0.3 is 0 Å². The molecule has 1 amide bonds. The van der Waals surface area contributed by atoms with Crippen molar-refractivity contribution >= 4 is 24.3 Å². The number of benzene rings is 1. The molecule has 1 aromatic heterocycles. The van der Waals surface area contributed by atoms with E-state index in [1.807, 2.05) is 23.1 Å². The van der Waals surface area contributed by atoms with Gasteiger partial charge in [0.2, 0.25) is 6.41 Å². The molecule has 0 atom stereocenters. The van der Waals surface area contributed by atoms with Crippen molar-refractivity contribution in [2.75, 3.05) is 70.8 Å². The van der Waals surface area contributed by atoms with Crippen LogP contribution in [0.4, 0.5) is 11.6 Å². The Morgan fingerprint density at radius 2 is 1.93 bits per heavy atom. The van der Waals surface area contributed by atoms with Crippen LogP contribution in [0.2, 0.25) is 0 Å². The lowest BCUT2D eigenvalue weighted by Crippen LogP contribution is -2.52. The Morgan fingerprint density at radius 1 is 1.23 bits per heavy atom. The van der Waals surface area contributed by atoms with Gasteiger partial charge < -0.3 is 34.7 Å². The molecule has 2 fully saturated rings. The minimum absolute atomic E-state index is 0.385. The highest BCUT2D eigenvalue weighted by Gasteiger charge is 2.24. The molecule has 10 heteroatoms. The van der Waals surface area contributed by atoms with Crippen molar-refractivity contribution in [2.45, 2.75) is 6.04 Å². The van der Waals surface area contributed by atoms with Gasteiger partial charge in [0.15, 0.2) is 0 Å². The van der Waals surface area contributed by atoms with Crippen LogP contribution in [0, 0.1) is 5.41 Å². The Hall–Kier alpha value is -2.98. The topological polar surface area (TPSA) is 111 Å². The summed E-state index contributed by atoms with van der Waals surface area (Å²) >= 11 is 0. The molecule has 30 heavy (non-hydrogen) atoms. The van der Waals surface area contributed by atoms with E-state index in [-0.39, 0.29) is 0 Å². The molecule has 1 aromatic carbocycles. The van der Waals surface area contributed by atoms with E-state index < -0.39 is 0 Å². The molecule has 0 aliphatic carbocycles. The van der Waals surface area contributed by atoms with Gasteiger partial charge in [0, 0.05) is 76.5 Å². The summed E-state index contributed by atoms with van der Waals surface area (Å²) in [7, 11) is 5.33. The lowest BCUT2D eigenvalue weighted by molar-refractivity contribution is -0.118. The van der Waals surface area contributed by atoms with Gasteiger partial charge in [-0.1, -0.05) is 6.07 Å². The van der Waals surface area contributed by atoms with Gasteiger partial charge in [0.05, 0.1) is 6.04 Å². The smallest absolute Gasteiger partial charge is 0.266 e. The van der Waals surface area contributed by atoms with Crippen LogP contribution >= 0.6 is 0 Å². The summed E-state index contributed by atoms with van der Waals surface area (Å²) < 4.78 is 9.72. The van der Waals surface area contributed by atoms with Crippen molar-refractivity contribution in [3.63, 3.8) is 0 Å². The van der Waals surface area contributed by atoms with E-state index >= 15 is 0 Å². The third-order valence-corrected chi connectivity index (χ3v) is 5.04. The Morgan fingerprint density at radius 3 is 2.53 bits per heavy atom. The molecule has 0 unspecified atom stereocenters. The maximum atomic E-state index is 10.8. The summed E-state index contributed by atoms with van der Waals surface area (Å²) in [6, 6.07) is 6.12. The molecule has 0 spiro atoms. The minimum Gasteiger partial charge on any atom is -0.388 e.